The Balaban J connectivity index is 1.65. The van der Waals surface area contributed by atoms with Crippen molar-refractivity contribution in [1.29, 1.82) is 0 Å². The van der Waals surface area contributed by atoms with E-state index in [1.165, 1.54) is 0 Å². The fraction of sp³-hybridized carbons (Fsp3) is 0.167. The number of aromatic nitrogens is 4. The van der Waals surface area contributed by atoms with E-state index in [0.29, 0.717) is 24.7 Å². The molecule has 3 heterocycles. The average Bonchev–Trinajstić information content (AvgIpc) is 3.04. The molecule has 0 spiro atoms. The summed E-state index contributed by atoms with van der Waals surface area (Å²) >= 11 is 0. The van der Waals surface area contributed by atoms with Gasteiger partial charge in [-0.05, 0) is 31.2 Å². The molecule has 0 saturated heterocycles. The summed E-state index contributed by atoms with van der Waals surface area (Å²) in [6.07, 6.45) is 0. The summed E-state index contributed by atoms with van der Waals surface area (Å²) in [4.78, 5) is 4.72. The van der Waals surface area contributed by atoms with Crippen LogP contribution in [0, 0.1) is 6.92 Å². The van der Waals surface area contributed by atoms with E-state index in [-0.39, 0.29) is 0 Å². The third-order valence-electron chi connectivity index (χ3n) is 4.20. The zero-order valence-corrected chi connectivity index (χ0v) is 13.6. The van der Waals surface area contributed by atoms with Crippen LogP contribution in [0.1, 0.15) is 5.82 Å². The summed E-state index contributed by atoms with van der Waals surface area (Å²) in [5.74, 6) is 2.95. The van der Waals surface area contributed by atoms with E-state index in [0.717, 1.165) is 34.0 Å². The molecule has 4 aromatic rings. The van der Waals surface area contributed by atoms with Gasteiger partial charge in [-0.25, -0.2) is 4.98 Å². The fourth-order valence-corrected chi connectivity index (χ4v) is 3.06. The lowest BCUT2D eigenvalue weighted by atomic mass is 10.2. The normalized spacial score (nSPS) is 13.3. The summed E-state index contributed by atoms with van der Waals surface area (Å²) in [5, 5.41) is 11.8. The molecule has 7 heteroatoms. The minimum absolute atomic E-state index is 0.554. The van der Waals surface area contributed by atoms with E-state index < -0.39 is 0 Å². The number of aryl methyl sites for hydroxylation is 1. The van der Waals surface area contributed by atoms with Gasteiger partial charge in [-0.2, -0.15) is 0 Å². The maximum Gasteiger partial charge on any atom is 0.204 e. The van der Waals surface area contributed by atoms with Gasteiger partial charge in [-0.1, -0.05) is 12.1 Å². The highest BCUT2D eigenvalue weighted by Gasteiger charge is 2.15. The van der Waals surface area contributed by atoms with Crippen LogP contribution in [0.2, 0.25) is 0 Å². The number of anilines is 2. The molecule has 0 fully saturated rings. The van der Waals surface area contributed by atoms with Crippen LogP contribution in [-0.2, 0) is 0 Å². The summed E-state index contributed by atoms with van der Waals surface area (Å²) in [5.41, 5.74) is 3.39. The van der Waals surface area contributed by atoms with Gasteiger partial charge in [-0.15, -0.1) is 10.2 Å². The SMILES string of the molecule is Cc1nnc2c(Nc3ccc4c(c3)OCCO4)nc3ccccc3n12. The first-order chi connectivity index (χ1) is 12.3. The van der Waals surface area contributed by atoms with Crippen LogP contribution in [0.15, 0.2) is 42.5 Å². The largest absolute Gasteiger partial charge is 0.486 e. The summed E-state index contributed by atoms with van der Waals surface area (Å²) in [7, 11) is 0. The molecule has 0 saturated carbocycles. The van der Waals surface area contributed by atoms with Crippen LogP contribution >= 0.6 is 0 Å². The first-order valence-electron chi connectivity index (χ1n) is 8.07. The van der Waals surface area contributed by atoms with E-state index in [1.54, 1.807) is 0 Å². The lowest BCUT2D eigenvalue weighted by Gasteiger charge is -2.19. The van der Waals surface area contributed by atoms with E-state index in [1.807, 2.05) is 53.8 Å². The third-order valence-corrected chi connectivity index (χ3v) is 4.20. The van der Waals surface area contributed by atoms with Crippen molar-refractivity contribution >= 4 is 28.2 Å². The second-order valence-corrected chi connectivity index (χ2v) is 5.84. The number of hydrogen-bond donors (Lipinski definition) is 1. The van der Waals surface area contributed by atoms with Gasteiger partial charge in [0.25, 0.3) is 0 Å². The molecule has 124 valence electrons. The zero-order valence-electron chi connectivity index (χ0n) is 13.6. The van der Waals surface area contributed by atoms with Crippen molar-refractivity contribution in [2.75, 3.05) is 18.5 Å². The monoisotopic (exact) mass is 333 g/mol. The van der Waals surface area contributed by atoms with Gasteiger partial charge < -0.3 is 14.8 Å². The molecule has 1 N–H and O–H groups in total. The molecular weight excluding hydrogens is 318 g/mol. The van der Waals surface area contributed by atoms with Crippen LogP contribution in [0.4, 0.5) is 11.5 Å². The molecule has 0 aliphatic carbocycles. The number of hydrogen-bond acceptors (Lipinski definition) is 6. The number of benzene rings is 2. The number of ether oxygens (including phenoxy) is 2. The number of fused-ring (bicyclic) bond motifs is 4. The molecular formula is C18H15N5O2. The predicted octanol–water partition coefficient (Wildman–Crippen LogP) is 3.10. The minimum atomic E-state index is 0.554. The Hall–Kier alpha value is -3.35. The van der Waals surface area contributed by atoms with Crippen LogP contribution in [0.25, 0.3) is 16.7 Å². The maximum atomic E-state index is 5.65. The maximum absolute atomic E-state index is 5.65. The predicted molar refractivity (Wildman–Crippen MR) is 93.7 cm³/mol. The Morgan fingerprint density at radius 1 is 1.00 bits per heavy atom. The second-order valence-electron chi connectivity index (χ2n) is 5.84. The Morgan fingerprint density at radius 3 is 2.76 bits per heavy atom. The van der Waals surface area contributed by atoms with Crippen molar-refractivity contribution in [2.45, 2.75) is 6.92 Å². The van der Waals surface area contributed by atoms with Gasteiger partial charge in [0.15, 0.2) is 17.3 Å². The molecule has 0 amide bonds. The van der Waals surface area contributed by atoms with Crippen LogP contribution in [0.3, 0.4) is 0 Å². The van der Waals surface area contributed by atoms with Gasteiger partial charge in [0.1, 0.15) is 19.0 Å². The standard InChI is InChI=1S/C18H15N5O2/c1-11-21-22-18-17(20-13-4-2-3-5-14(13)23(11)18)19-12-6-7-15-16(10-12)25-9-8-24-15/h2-7,10H,8-9H2,1H3,(H,19,20). The number of para-hydroxylation sites is 2. The highest BCUT2D eigenvalue weighted by molar-refractivity contribution is 5.84. The molecule has 7 nitrogen and oxygen atoms in total. The van der Waals surface area contributed by atoms with E-state index >= 15 is 0 Å². The zero-order chi connectivity index (χ0) is 16.8. The van der Waals surface area contributed by atoms with E-state index in [9.17, 15) is 0 Å². The summed E-state index contributed by atoms with van der Waals surface area (Å²) < 4.78 is 13.2. The van der Waals surface area contributed by atoms with Gasteiger partial charge in [-0.3, -0.25) is 4.40 Å². The molecule has 25 heavy (non-hydrogen) atoms. The molecule has 0 unspecified atom stereocenters. The summed E-state index contributed by atoms with van der Waals surface area (Å²) in [6.45, 7) is 3.06. The van der Waals surface area contributed by atoms with Gasteiger partial charge in [0, 0.05) is 11.8 Å². The molecule has 0 radical (unpaired) electrons. The topological polar surface area (TPSA) is 73.6 Å². The van der Waals surface area contributed by atoms with Gasteiger partial charge >= 0.3 is 0 Å². The van der Waals surface area contributed by atoms with Gasteiger partial charge in [0.05, 0.1) is 11.0 Å². The van der Waals surface area contributed by atoms with Gasteiger partial charge in [0.2, 0.25) is 5.65 Å². The molecule has 5 rings (SSSR count). The number of rotatable bonds is 2. The van der Waals surface area contributed by atoms with Crippen molar-refractivity contribution < 1.29 is 9.47 Å². The first-order valence-corrected chi connectivity index (χ1v) is 8.07. The Bertz CT molecular complexity index is 1110. The van der Waals surface area contributed by atoms with Crippen LogP contribution in [-0.4, -0.2) is 32.8 Å². The quantitative estimate of drug-likeness (QED) is 0.608. The third kappa shape index (κ3) is 2.24. The number of nitrogens with zero attached hydrogens (tertiary/aromatic N) is 4. The molecule has 1 aliphatic rings. The lowest BCUT2D eigenvalue weighted by molar-refractivity contribution is 0.171. The molecule has 2 aromatic heterocycles. The fourth-order valence-electron chi connectivity index (χ4n) is 3.06. The smallest absolute Gasteiger partial charge is 0.204 e. The van der Waals surface area contributed by atoms with Crippen LogP contribution < -0.4 is 14.8 Å². The van der Waals surface area contributed by atoms with Crippen molar-refractivity contribution in [2.24, 2.45) is 0 Å². The van der Waals surface area contributed by atoms with Crippen molar-refractivity contribution in [1.82, 2.24) is 19.6 Å². The highest BCUT2D eigenvalue weighted by Crippen LogP contribution is 2.34. The minimum Gasteiger partial charge on any atom is -0.486 e. The van der Waals surface area contributed by atoms with Crippen molar-refractivity contribution in [3.05, 3.63) is 48.3 Å². The lowest BCUT2D eigenvalue weighted by Crippen LogP contribution is -2.15. The molecule has 1 aliphatic heterocycles. The molecule has 2 aromatic carbocycles. The van der Waals surface area contributed by atoms with E-state index in [2.05, 4.69) is 15.5 Å². The molecule has 0 bridgehead atoms. The molecule has 0 atom stereocenters. The average molecular weight is 333 g/mol. The second kappa shape index (κ2) is 5.34. The Labute approximate surface area is 143 Å². The highest BCUT2D eigenvalue weighted by atomic mass is 16.6. The Morgan fingerprint density at radius 2 is 1.84 bits per heavy atom. The summed E-state index contributed by atoms with van der Waals surface area (Å²) in [6, 6.07) is 13.7. The number of nitrogens with one attached hydrogen (secondary N) is 1. The van der Waals surface area contributed by atoms with Crippen LogP contribution in [0.5, 0.6) is 11.5 Å². The Kier molecular flexibility index (Phi) is 3.00. The van der Waals surface area contributed by atoms with Crippen molar-refractivity contribution in [3.8, 4) is 11.5 Å². The first kappa shape index (κ1) is 14.0. The van der Waals surface area contributed by atoms with Crippen molar-refractivity contribution in [3.63, 3.8) is 0 Å². The van der Waals surface area contributed by atoms with E-state index in [4.69, 9.17) is 14.5 Å².